The van der Waals surface area contributed by atoms with Crippen molar-refractivity contribution in [3.63, 3.8) is 0 Å². The molecule has 4 heteroatoms. The van der Waals surface area contributed by atoms with Crippen LogP contribution in [0.15, 0.2) is 36.5 Å². The third-order valence-corrected chi connectivity index (χ3v) is 2.68. The maximum Gasteiger partial charge on any atom is 0.137 e. The van der Waals surface area contributed by atoms with Crippen LogP contribution in [0.25, 0.3) is 0 Å². The Bertz CT molecular complexity index is 514. The molecule has 2 rings (SSSR count). The van der Waals surface area contributed by atoms with Crippen LogP contribution in [0.1, 0.15) is 24.2 Å². The molecule has 0 bridgehead atoms. The number of hydrogen-bond acceptors (Lipinski definition) is 4. The fourth-order valence-electron chi connectivity index (χ4n) is 1.66. The SMILES string of the molecule is COc1cccc(C(C)c2nccc(N)n2)c1. The third kappa shape index (κ3) is 2.53. The molecule has 0 aliphatic rings. The molecule has 0 radical (unpaired) electrons. The van der Waals surface area contributed by atoms with Crippen molar-refractivity contribution in [3.05, 3.63) is 47.9 Å². The lowest BCUT2D eigenvalue weighted by Gasteiger charge is -2.11. The number of benzene rings is 1. The third-order valence-electron chi connectivity index (χ3n) is 2.68. The smallest absolute Gasteiger partial charge is 0.137 e. The number of methoxy groups -OCH3 is 1. The largest absolute Gasteiger partial charge is 0.497 e. The van der Waals surface area contributed by atoms with Gasteiger partial charge in [0, 0.05) is 12.1 Å². The summed E-state index contributed by atoms with van der Waals surface area (Å²) < 4.78 is 5.20. The molecule has 0 amide bonds. The quantitative estimate of drug-likeness (QED) is 0.876. The zero-order valence-corrected chi connectivity index (χ0v) is 9.92. The van der Waals surface area contributed by atoms with Crippen LogP contribution in [0.4, 0.5) is 5.82 Å². The first-order chi connectivity index (χ1) is 8.20. The summed E-state index contributed by atoms with van der Waals surface area (Å²) in [6, 6.07) is 9.56. The Morgan fingerprint density at radius 3 is 2.82 bits per heavy atom. The second-order valence-corrected chi connectivity index (χ2v) is 3.84. The summed E-state index contributed by atoms with van der Waals surface area (Å²) in [5.41, 5.74) is 6.76. The number of ether oxygens (including phenoxy) is 1. The highest BCUT2D eigenvalue weighted by atomic mass is 16.5. The van der Waals surface area contributed by atoms with E-state index in [1.807, 2.05) is 31.2 Å². The van der Waals surface area contributed by atoms with Crippen LogP contribution < -0.4 is 10.5 Å². The van der Waals surface area contributed by atoms with E-state index in [9.17, 15) is 0 Å². The first kappa shape index (κ1) is 11.4. The monoisotopic (exact) mass is 229 g/mol. The minimum absolute atomic E-state index is 0.0913. The van der Waals surface area contributed by atoms with E-state index in [1.54, 1.807) is 19.4 Å². The first-order valence-electron chi connectivity index (χ1n) is 5.43. The minimum atomic E-state index is 0.0913. The van der Waals surface area contributed by atoms with Crippen LogP contribution in [-0.2, 0) is 0 Å². The van der Waals surface area contributed by atoms with E-state index in [2.05, 4.69) is 9.97 Å². The molecule has 1 aromatic carbocycles. The van der Waals surface area contributed by atoms with Gasteiger partial charge in [0.25, 0.3) is 0 Å². The molecule has 88 valence electrons. The molecule has 2 aromatic rings. The molecule has 2 N–H and O–H groups in total. The van der Waals surface area contributed by atoms with E-state index in [0.29, 0.717) is 5.82 Å². The number of anilines is 1. The molecule has 0 saturated heterocycles. The van der Waals surface area contributed by atoms with Crippen LogP contribution in [0, 0.1) is 0 Å². The van der Waals surface area contributed by atoms with Gasteiger partial charge < -0.3 is 10.5 Å². The Morgan fingerprint density at radius 1 is 1.29 bits per heavy atom. The van der Waals surface area contributed by atoms with Crippen molar-refractivity contribution in [2.45, 2.75) is 12.8 Å². The lowest BCUT2D eigenvalue weighted by molar-refractivity contribution is 0.414. The summed E-state index contributed by atoms with van der Waals surface area (Å²) in [5.74, 6) is 2.13. The summed E-state index contributed by atoms with van der Waals surface area (Å²) in [5, 5.41) is 0. The van der Waals surface area contributed by atoms with Crippen LogP contribution in [-0.4, -0.2) is 17.1 Å². The van der Waals surface area contributed by atoms with Crippen molar-refractivity contribution in [2.75, 3.05) is 12.8 Å². The molecule has 17 heavy (non-hydrogen) atoms. The fraction of sp³-hybridized carbons (Fsp3) is 0.231. The maximum absolute atomic E-state index is 5.65. The Hall–Kier alpha value is -2.10. The molecule has 0 aliphatic carbocycles. The summed E-state index contributed by atoms with van der Waals surface area (Å²) in [4.78, 5) is 8.47. The number of nitrogen functional groups attached to an aromatic ring is 1. The molecule has 1 aromatic heterocycles. The van der Waals surface area contributed by atoms with Crippen molar-refractivity contribution in [1.29, 1.82) is 0 Å². The van der Waals surface area contributed by atoms with Gasteiger partial charge in [0.1, 0.15) is 17.4 Å². The molecular formula is C13H15N3O. The lowest BCUT2D eigenvalue weighted by Crippen LogP contribution is -2.04. The van der Waals surface area contributed by atoms with E-state index in [0.717, 1.165) is 17.1 Å². The molecule has 0 saturated carbocycles. The van der Waals surface area contributed by atoms with Gasteiger partial charge in [-0.15, -0.1) is 0 Å². The van der Waals surface area contributed by atoms with Gasteiger partial charge in [-0.05, 0) is 23.8 Å². The van der Waals surface area contributed by atoms with Gasteiger partial charge in [-0.1, -0.05) is 19.1 Å². The van der Waals surface area contributed by atoms with Gasteiger partial charge in [0.05, 0.1) is 7.11 Å². The average molecular weight is 229 g/mol. The van der Waals surface area contributed by atoms with E-state index in [-0.39, 0.29) is 5.92 Å². The zero-order valence-electron chi connectivity index (χ0n) is 9.92. The van der Waals surface area contributed by atoms with Crippen molar-refractivity contribution < 1.29 is 4.74 Å². The average Bonchev–Trinajstić information content (AvgIpc) is 2.38. The van der Waals surface area contributed by atoms with E-state index in [4.69, 9.17) is 10.5 Å². The maximum atomic E-state index is 5.65. The Balaban J connectivity index is 2.33. The molecule has 1 heterocycles. The summed E-state index contributed by atoms with van der Waals surface area (Å²) in [6.45, 7) is 2.05. The van der Waals surface area contributed by atoms with Crippen LogP contribution >= 0.6 is 0 Å². The number of aromatic nitrogens is 2. The molecular weight excluding hydrogens is 214 g/mol. The molecule has 0 aliphatic heterocycles. The minimum Gasteiger partial charge on any atom is -0.497 e. The van der Waals surface area contributed by atoms with Crippen LogP contribution in [0.5, 0.6) is 5.75 Å². The molecule has 1 unspecified atom stereocenters. The van der Waals surface area contributed by atoms with Gasteiger partial charge >= 0.3 is 0 Å². The molecule has 4 nitrogen and oxygen atoms in total. The molecule has 1 atom stereocenters. The lowest BCUT2D eigenvalue weighted by atomic mass is 10.0. The van der Waals surface area contributed by atoms with Crippen molar-refractivity contribution in [1.82, 2.24) is 9.97 Å². The van der Waals surface area contributed by atoms with Gasteiger partial charge in [-0.2, -0.15) is 0 Å². The number of nitrogens with two attached hydrogens (primary N) is 1. The fourth-order valence-corrected chi connectivity index (χ4v) is 1.66. The summed E-state index contributed by atoms with van der Waals surface area (Å²) in [6.07, 6.45) is 1.67. The van der Waals surface area contributed by atoms with E-state index < -0.39 is 0 Å². The summed E-state index contributed by atoms with van der Waals surface area (Å²) >= 11 is 0. The van der Waals surface area contributed by atoms with Gasteiger partial charge in [0.15, 0.2) is 0 Å². The van der Waals surface area contributed by atoms with Crippen LogP contribution in [0.2, 0.25) is 0 Å². The van der Waals surface area contributed by atoms with Crippen molar-refractivity contribution in [2.24, 2.45) is 0 Å². The van der Waals surface area contributed by atoms with Crippen LogP contribution in [0.3, 0.4) is 0 Å². The van der Waals surface area contributed by atoms with Gasteiger partial charge in [0.2, 0.25) is 0 Å². The van der Waals surface area contributed by atoms with E-state index >= 15 is 0 Å². The zero-order chi connectivity index (χ0) is 12.3. The highest BCUT2D eigenvalue weighted by Crippen LogP contribution is 2.24. The highest BCUT2D eigenvalue weighted by Gasteiger charge is 2.12. The van der Waals surface area contributed by atoms with Gasteiger partial charge in [-0.3, -0.25) is 0 Å². The summed E-state index contributed by atoms with van der Waals surface area (Å²) in [7, 11) is 1.65. The second-order valence-electron chi connectivity index (χ2n) is 3.84. The predicted octanol–water partition coefficient (Wildman–Crippen LogP) is 2.22. The first-order valence-corrected chi connectivity index (χ1v) is 5.43. The molecule has 0 spiro atoms. The van der Waals surface area contributed by atoms with Crippen molar-refractivity contribution >= 4 is 5.82 Å². The normalized spacial score (nSPS) is 12.1. The Kier molecular flexibility index (Phi) is 3.23. The predicted molar refractivity (Wildman–Crippen MR) is 67.0 cm³/mol. The topological polar surface area (TPSA) is 61.0 Å². The van der Waals surface area contributed by atoms with E-state index in [1.165, 1.54) is 0 Å². The number of nitrogens with zero attached hydrogens (tertiary/aromatic N) is 2. The molecule has 0 fully saturated rings. The Labute approximate surface area is 100 Å². The standard InChI is InChI=1S/C13H15N3O/c1-9(13-15-7-6-12(14)16-13)10-4-3-5-11(8-10)17-2/h3-9H,1-2H3,(H2,14,15,16). The Morgan fingerprint density at radius 2 is 2.12 bits per heavy atom. The second kappa shape index (κ2) is 4.82. The van der Waals surface area contributed by atoms with Gasteiger partial charge in [-0.25, -0.2) is 9.97 Å². The number of rotatable bonds is 3. The van der Waals surface area contributed by atoms with Crippen molar-refractivity contribution in [3.8, 4) is 5.75 Å². The highest BCUT2D eigenvalue weighted by molar-refractivity contribution is 5.34. The number of hydrogen-bond donors (Lipinski definition) is 1.